The zero-order chi connectivity index (χ0) is 17.3. The van der Waals surface area contributed by atoms with Crippen molar-refractivity contribution in [3.05, 3.63) is 95.8 Å². The third-order valence-corrected chi connectivity index (χ3v) is 3.99. The summed E-state index contributed by atoms with van der Waals surface area (Å²) in [6, 6.07) is 24.9. The summed E-state index contributed by atoms with van der Waals surface area (Å²) in [5.41, 5.74) is 3.31. The van der Waals surface area contributed by atoms with Gasteiger partial charge in [-0.05, 0) is 48.2 Å². The summed E-state index contributed by atoms with van der Waals surface area (Å²) >= 11 is 0. The minimum atomic E-state index is -0.217. The van der Waals surface area contributed by atoms with Gasteiger partial charge in [-0.15, -0.1) is 0 Å². The number of aryl methyl sites for hydroxylation is 1. The smallest absolute Gasteiger partial charge is 0.142 e. The van der Waals surface area contributed by atoms with Crippen LogP contribution in [-0.4, -0.2) is 6.61 Å². The van der Waals surface area contributed by atoms with Crippen molar-refractivity contribution in [2.24, 2.45) is 0 Å². The number of benzene rings is 3. The van der Waals surface area contributed by atoms with Crippen molar-refractivity contribution in [2.45, 2.75) is 19.4 Å². The number of hydrogen-bond donors (Lipinski definition) is 1. The largest absolute Gasteiger partial charge is 0.491 e. The highest BCUT2D eigenvalue weighted by Gasteiger charge is 2.03. The van der Waals surface area contributed by atoms with E-state index in [0.29, 0.717) is 13.2 Å². The van der Waals surface area contributed by atoms with Gasteiger partial charge in [-0.25, -0.2) is 4.39 Å². The van der Waals surface area contributed by atoms with E-state index >= 15 is 0 Å². The van der Waals surface area contributed by atoms with Gasteiger partial charge in [-0.1, -0.05) is 54.6 Å². The molecule has 0 atom stereocenters. The molecule has 0 amide bonds. The van der Waals surface area contributed by atoms with Gasteiger partial charge in [-0.3, -0.25) is 0 Å². The van der Waals surface area contributed by atoms with Crippen LogP contribution in [0.25, 0.3) is 0 Å². The van der Waals surface area contributed by atoms with Crippen LogP contribution in [0.3, 0.4) is 0 Å². The summed E-state index contributed by atoms with van der Waals surface area (Å²) in [4.78, 5) is 0. The molecule has 0 radical (unpaired) electrons. The molecule has 3 heteroatoms. The van der Waals surface area contributed by atoms with Gasteiger partial charge in [0.2, 0.25) is 0 Å². The van der Waals surface area contributed by atoms with Gasteiger partial charge in [0.25, 0.3) is 0 Å². The minimum Gasteiger partial charge on any atom is -0.491 e. The van der Waals surface area contributed by atoms with Crippen LogP contribution < -0.4 is 10.1 Å². The van der Waals surface area contributed by atoms with E-state index in [9.17, 15) is 4.39 Å². The SMILES string of the molecule is Fc1ccc(CNc2ccccc2OCCCc2ccccc2)cc1. The van der Waals surface area contributed by atoms with Gasteiger partial charge in [0.05, 0.1) is 12.3 Å². The fourth-order valence-corrected chi connectivity index (χ4v) is 2.64. The number of halogens is 1. The van der Waals surface area contributed by atoms with Gasteiger partial charge in [-0.2, -0.15) is 0 Å². The highest BCUT2D eigenvalue weighted by atomic mass is 19.1. The van der Waals surface area contributed by atoms with Crippen LogP contribution in [0.5, 0.6) is 5.75 Å². The summed E-state index contributed by atoms with van der Waals surface area (Å²) in [5.74, 6) is 0.628. The molecule has 0 unspecified atom stereocenters. The molecule has 1 N–H and O–H groups in total. The molecule has 0 saturated heterocycles. The Morgan fingerprint density at radius 2 is 1.48 bits per heavy atom. The second-order valence-corrected chi connectivity index (χ2v) is 5.91. The van der Waals surface area contributed by atoms with E-state index < -0.39 is 0 Å². The van der Waals surface area contributed by atoms with Gasteiger partial charge in [0.15, 0.2) is 0 Å². The van der Waals surface area contributed by atoms with E-state index in [1.165, 1.54) is 17.7 Å². The molecule has 0 fully saturated rings. The summed E-state index contributed by atoms with van der Waals surface area (Å²) in [6.45, 7) is 1.30. The van der Waals surface area contributed by atoms with Crippen LogP contribution in [0, 0.1) is 5.82 Å². The molecule has 0 bridgehead atoms. The summed E-state index contributed by atoms with van der Waals surface area (Å²) in [7, 11) is 0. The maximum Gasteiger partial charge on any atom is 0.142 e. The Hall–Kier alpha value is -2.81. The predicted octanol–water partition coefficient (Wildman–Crippen LogP) is 5.45. The van der Waals surface area contributed by atoms with E-state index in [2.05, 4.69) is 29.6 Å². The van der Waals surface area contributed by atoms with E-state index in [1.54, 1.807) is 12.1 Å². The molecule has 3 aromatic carbocycles. The summed E-state index contributed by atoms with van der Waals surface area (Å²) in [6.07, 6.45) is 1.97. The Kier molecular flexibility index (Phi) is 6.05. The van der Waals surface area contributed by atoms with Gasteiger partial charge in [0.1, 0.15) is 11.6 Å². The number of rotatable bonds is 8. The van der Waals surface area contributed by atoms with E-state index in [0.717, 1.165) is 29.8 Å². The van der Waals surface area contributed by atoms with Gasteiger partial charge >= 0.3 is 0 Å². The second-order valence-electron chi connectivity index (χ2n) is 5.91. The molecule has 3 aromatic rings. The molecule has 0 aliphatic heterocycles. The first-order chi connectivity index (χ1) is 12.3. The molecule has 3 rings (SSSR count). The molecule has 0 saturated carbocycles. The molecular formula is C22H22FNO. The van der Waals surface area contributed by atoms with Crippen molar-refractivity contribution >= 4 is 5.69 Å². The molecule has 0 aromatic heterocycles. The Morgan fingerprint density at radius 1 is 0.760 bits per heavy atom. The third kappa shape index (κ3) is 5.35. The number of hydrogen-bond acceptors (Lipinski definition) is 2. The number of ether oxygens (including phenoxy) is 1. The van der Waals surface area contributed by atoms with Crippen LogP contribution in [0.4, 0.5) is 10.1 Å². The maximum atomic E-state index is 13.0. The van der Waals surface area contributed by atoms with E-state index in [-0.39, 0.29) is 5.82 Å². The topological polar surface area (TPSA) is 21.3 Å². The van der Waals surface area contributed by atoms with Crippen LogP contribution in [0.1, 0.15) is 17.5 Å². The lowest BCUT2D eigenvalue weighted by molar-refractivity contribution is 0.312. The standard InChI is InChI=1S/C22H22FNO/c23-20-14-12-19(13-15-20)17-24-21-10-4-5-11-22(21)25-16-6-9-18-7-2-1-3-8-18/h1-5,7-8,10-15,24H,6,9,16-17H2. The molecular weight excluding hydrogens is 313 g/mol. The van der Waals surface area contributed by atoms with Gasteiger partial charge < -0.3 is 10.1 Å². The second kappa shape index (κ2) is 8.88. The molecule has 0 spiro atoms. The quantitative estimate of drug-likeness (QED) is 0.553. The minimum absolute atomic E-state index is 0.217. The first-order valence-corrected chi connectivity index (χ1v) is 8.55. The van der Waals surface area contributed by atoms with Crippen LogP contribution in [0.15, 0.2) is 78.9 Å². The molecule has 0 heterocycles. The van der Waals surface area contributed by atoms with Crippen molar-refractivity contribution in [1.82, 2.24) is 0 Å². The van der Waals surface area contributed by atoms with Crippen LogP contribution >= 0.6 is 0 Å². The third-order valence-electron chi connectivity index (χ3n) is 3.99. The van der Waals surface area contributed by atoms with Crippen molar-refractivity contribution < 1.29 is 9.13 Å². The summed E-state index contributed by atoms with van der Waals surface area (Å²) < 4.78 is 18.9. The first kappa shape index (κ1) is 17.0. The lowest BCUT2D eigenvalue weighted by Gasteiger charge is -2.13. The Balaban J connectivity index is 1.51. The Morgan fingerprint density at radius 3 is 2.28 bits per heavy atom. The fourth-order valence-electron chi connectivity index (χ4n) is 2.64. The first-order valence-electron chi connectivity index (χ1n) is 8.55. The molecule has 0 aliphatic carbocycles. The number of para-hydroxylation sites is 2. The van der Waals surface area contributed by atoms with Crippen molar-refractivity contribution in [1.29, 1.82) is 0 Å². The number of nitrogens with one attached hydrogen (secondary N) is 1. The van der Waals surface area contributed by atoms with Crippen LogP contribution in [0.2, 0.25) is 0 Å². The average molecular weight is 335 g/mol. The zero-order valence-corrected chi connectivity index (χ0v) is 14.1. The fraction of sp³-hybridized carbons (Fsp3) is 0.182. The molecule has 128 valence electrons. The summed E-state index contributed by atoms with van der Waals surface area (Å²) in [5, 5.41) is 3.36. The van der Waals surface area contributed by atoms with Gasteiger partial charge in [0, 0.05) is 6.54 Å². The maximum absolute atomic E-state index is 13.0. The molecule has 25 heavy (non-hydrogen) atoms. The van der Waals surface area contributed by atoms with E-state index in [1.807, 2.05) is 30.3 Å². The lowest BCUT2D eigenvalue weighted by Crippen LogP contribution is -2.04. The zero-order valence-electron chi connectivity index (χ0n) is 14.1. The van der Waals surface area contributed by atoms with Crippen molar-refractivity contribution in [3.8, 4) is 5.75 Å². The van der Waals surface area contributed by atoms with Crippen molar-refractivity contribution in [2.75, 3.05) is 11.9 Å². The van der Waals surface area contributed by atoms with Crippen LogP contribution in [-0.2, 0) is 13.0 Å². The number of anilines is 1. The van der Waals surface area contributed by atoms with Crippen molar-refractivity contribution in [3.63, 3.8) is 0 Å². The monoisotopic (exact) mass is 335 g/mol. The molecule has 2 nitrogen and oxygen atoms in total. The average Bonchev–Trinajstić information content (AvgIpc) is 2.66. The van der Waals surface area contributed by atoms with E-state index in [4.69, 9.17) is 4.74 Å². The highest BCUT2D eigenvalue weighted by Crippen LogP contribution is 2.24. The Bertz CT molecular complexity index is 772. The normalized spacial score (nSPS) is 10.4. The lowest BCUT2D eigenvalue weighted by atomic mass is 10.1. The highest BCUT2D eigenvalue weighted by molar-refractivity contribution is 5.56. The molecule has 0 aliphatic rings. The predicted molar refractivity (Wildman–Crippen MR) is 100 cm³/mol. The Labute approximate surface area is 148 Å².